The normalized spacial score (nSPS) is 17.8. The quantitative estimate of drug-likeness (QED) is 0.456. The van der Waals surface area contributed by atoms with Crippen LogP contribution in [0.15, 0.2) is 29.2 Å². The lowest BCUT2D eigenvalue weighted by Gasteiger charge is -2.21. The van der Waals surface area contributed by atoms with Crippen molar-refractivity contribution in [3.63, 3.8) is 0 Å². The minimum absolute atomic E-state index is 0.0790. The molecule has 2 unspecified atom stereocenters. The molecule has 10 heteroatoms. The lowest BCUT2D eigenvalue weighted by atomic mass is 10.0. The molecule has 2 aromatic carbocycles. The Bertz CT molecular complexity index is 1090. The molecule has 1 aliphatic heterocycles. The number of sulfone groups is 1. The van der Waals surface area contributed by atoms with E-state index in [1.165, 1.54) is 0 Å². The van der Waals surface area contributed by atoms with Crippen LogP contribution in [0.25, 0.3) is 0 Å². The van der Waals surface area contributed by atoms with Crippen molar-refractivity contribution in [1.82, 2.24) is 0 Å². The lowest BCUT2D eigenvalue weighted by molar-refractivity contribution is 0.0435. The minimum atomic E-state index is -3.59. The first-order valence-electron chi connectivity index (χ1n) is 11.6. The van der Waals surface area contributed by atoms with E-state index in [-0.39, 0.29) is 36.0 Å². The highest BCUT2D eigenvalue weighted by molar-refractivity contribution is 7.90. The first-order valence-corrected chi connectivity index (χ1v) is 13.4. The van der Waals surface area contributed by atoms with Gasteiger partial charge in [-0.2, -0.15) is 0 Å². The van der Waals surface area contributed by atoms with Gasteiger partial charge in [0.2, 0.25) is 5.75 Å². The topological polar surface area (TPSA) is 116 Å². The summed E-state index contributed by atoms with van der Waals surface area (Å²) in [5, 5.41) is 0. The summed E-state index contributed by atoms with van der Waals surface area (Å²) in [5.74, 6) is 2.16. The predicted molar refractivity (Wildman–Crippen MR) is 132 cm³/mol. The Morgan fingerprint density at radius 2 is 1.43 bits per heavy atom. The molecule has 1 aliphatic rings. The van der Waals surface area contributed by atoms with E-state index in [0.717, 1.165) is 24.7 Å². The molecule has 1 saturated heterocycles. The van der Waals surface area contributed by atoms with Crippen molar-refractivity contribution in [3.05, 3.63) is 35.4 Å². The molecule has 0 amide bonds. The molecule has 194 valence electrons. The fraction of sp³-hybridized carbons (Fsp3) is 0.520. The van der Waals surface area contributed by atoms with Crippen molar-refractivity contribution in [2.75, 3.05) is 47.3 Å². The van der Waals surface area contributed by atoms with Crippen molar-refractivity contribution in [2.24, 2.45) is 5.73 Å². The summed E-state index contributed by atoms with van der Waals surface area (Å²) in [7, 11) is 1.09. The van der Waals surface area contributed by atoms with Crippen LogP contribution in [0.2, 0.25) is 0 Å². The van der Waals surface area contributed by atoms with Gasteiger partial charge in [-0.1, -0.05) is 6.92 Å². The maximum atomic E-state index is 12.7. The molecule has 0 aromatic heterocycles. The third-order valence-corrected chi connectivity index (χ3v) is 6.82. The molecule has 0 aliphatic carbocycles. The second-order valence-electron chi connectivity index (χ2n) is 8.25. The highest BCUT2D eigenvalue weighted by Gasteiger charge is 2.32. The molecule has 2 aromatic rings. The Morgan fingerprint density at radius 3 is 1.91 bits per heavy atom. The van der Waals surface area contributed by atoms with E-state index in [4.69, 9.17) is 34.2 Å². The molecule has 0 saturated carbocycles. The zero-order valence-electron chi connectivity index (χ0n) is 21.0. The van der Waals surface area contributed by atoms with Gasteiger partial charge in [0.05, 0.1) is 40.1 Å². The van der Waals surface area contributed by atoms with Crippen LogP contribution in [0.5, 0.6) is 28.7 Å². The zero-order valence-corrected chi connectivity index (χ0v) is 21.8. The number of benzene rings is 2. The Morgan fingerprint density at radius 1 is 0.857 bits per heavy atom. The third-order valence-electron chi connectivity index (χ3n) is 5.72. The molecule has 35 heavy (non-hydrogen) atoms. The molecule has 1 heterocycles. The summed E-state index contributed by atoms with van der Waals surface area (Å²) in [6.45, 7) is 2.83. The monoisotopic (exact) mass is 509 g/mol. The van der Waals surface area contributed by atoms with Gasteiger partial charge < -0.3 is 34.2 Å². The molecule has 2 atom stereocenters. The van der Waals surface area contributed by atoms with Crippen LogP contribution >= 0.6 is 0 Å². The second kappa shape index (κ2) is 11.8. The average molecular weight is 510 g/mol. The summed E-state index contributed by atoms with van der Waals surface area (Å²) in [6, 6.07) is 7.15. The van der Waals surface area contributed by atoms with Gasteiger partial charge in [-0.15, -0.1) is 0 Å². The van der Waals surface area contributed by atoms with Crippen LogP contribution in [-0.4, -0.2) is 55.8 Å². The highest BCUT2D eigenvalue weighted by atomic mass is 32.2. The van der Waals surface area contributed by atoms with E-state index in [1.807, 2.05) is 19.1 Å². The maximum absolute atomic E-state index is 12.7. The summed E-state index contributed by atoms with van der Waals surface area (Å²) in [5.41, 5.74) is 7.21. The van der Waals surface area contributed by atoms with E-state index in [0.29, 0.717) is 41.6 Å². The average Bonchev–Trinajstić information content (AvgIpc) is 3.34. The predicted octanol–water partition coefficient (Wildman–Crippen LogP) is 3.84. The van der Waals surface area contributed by atoms with Gasteiger partial charge in [-0.05, 0) is 54.7 Å². The van der Waals surface area contributed by atoms with E-state index in [9.17, 15) is 8.42 Å². The Hall–Kier alpha value is -2.69. The Kier molecular flexibility index (Phi) is 9.09. The summed E-state index contributed by atoms with van der Waals surface area (Å²) in [4.78, 5) is 0.0790. The van der Waals surface area contributed by atoms with Gasteiger partial charge >= 0.3 is 0 Å². The van der Waals surface area contributed by atoms with Gasteiger partial charge in [0.1, 0.15) is 11.5 Å². The Labute approximate surface area is 207 Å². The molecular weight excluding hydrogens is 474 g/mol. The number of rotatable bonds is 12. The van der Waals surface area contributed by atoms with Gasteiger partial charge in [-0.25, -0.2) is 8.42 Å². The number of nitrogens with two attached hydrogens (primary N) is 1. The summed E-state index contributed by atoms with van der Waals surface area (Å²) in [6.07, 6.45) is 2.73. The van der Waals surface area contributed by atoms with Crippen molar-refractivity contribution >= 4 is 9.84 Å². The molecule has 0 bridgehead atoms. The first-order chi connectivity index (χ1) is 16.8. The SMILES string of the molecule is CCCOc1c(OCCN)cc(C2CCC(c3cc(OC)c(OC)c(OC)c3)O2)cc1S(C)(=O)=O. The Balaban J connectivity index is 1.98. The van der Waals surface area contributed by atoms with Crippen LogP contribution in [0, 0.1) is 0 Å². The van der Waals surface area contributed by atoms with Crippen LogP contribution in [0.3, 0.4) is 0 Å². The summed E-state index contributed by atoms with van der Waals surface area (Å²) >= 11 is 0. The molecule has 2 N–H and O–H groups in total. The number of ether oxygens (including phenoxy) is 6. The van der Waals surface area contributed by atoms with E-state index in [2.05, 4.69) is 0 Å². The number of hydrogen-bond donors (Lipinski definition) is 1. The van der Waals surface area contributed by atoms with E-state index in [1.54, 1.807) is 33.5 Å². The van der Waals surface area contributed by atoms with Crippen LogP contribution in [-0.2, 0) is 14.6 Å². The molecule has 0 spiro atoms. The zero-order chi connectivity index (χ0) is 25.6. The van der Waals surface area contributed by atoms with Crippen LogP contribution in [0.1, 0.15) is 49.5 Å². The fourth-order valence-electron chi connectivity index (χ4n) is 4.10. The van der Waals surface area contributed by atoms with Crippen LogP contribution < -0.4 is 29.4 Å². The smallest absolute Gasteiger partial charge is 0.203 e. The first kappa shape index (κ1) is 26.9. The summed E-state index contributed by atoms with van der Waals surface area (Å²) < 4.78 is 59.7. The van der Waals surface area contributed by atoms with E-state index >= 15 is 0 Å². The van der Waals surface area contributed by atoms with Crippen molar-refractivity contribution in [3.8, 4) is 28.7 Å². The minimum Gasteiger partial charge on any atom is -0.493 e. The van der Waals surface area contributed by atoms with Crippen molar-refractivity contribution in [1.29, 1.82) is 0 Å². The van der Waals surface area contributed by atoms with Crippen molar-refractivity contribution in [2.45, 2.75) is 43.3 Å². The van der Waals surface area contributed by atoms with Gasteiger partial charge in [-0.3, -0.25) is 0 Å². The maximum Gasteiger partial charge on any atom is 0.203 e. The lowest BCUT2D eigenvalue weighted by Crippen LogP contribution is -2.14. The van der Waals surface area contributed by atoms with Crippen molar-refractivity contribution < 1.29 is 36.8 Å². The van der Waals surface area contributed by atoms with Gasteiger partial charge in [0, 0.05) is 12.8 Å². The van der Waals surface area contributed by atoms with Gasteiger partial charge in [0.15, 0.2) is 32.8 Å². The number of hydrogen-bond acceptors (Lipinski definition) is 9. The molecule has 1 fully saturated rings. The molecule has 3 rings (SSSR count). The molecular formula is C25H35NO8S. The second-order valence-corrected chi connectivity index (χ2v) is 10.2. The third kappa shape index (κ3) is 6.12. The largest absolute Gasteiger partial charge is 0.493 e. The number of methoxy groups -OCH3 is 3. The van der Waals surface area contributed by atoms with Crippen LogP contribution in [0.4, 0.5) is 0 Å². The van der Waals surface area contributed by atoms with Gasteiger partial charge in [0.25, 0.3) is 0 Å². The molecule has 9 nitrogen and oxygen atoms in total. The standard InChI is InChI=1S/C25H35NO8S/c1-6-10-33-25-22(32-11-9-26)14-17(15-23(25)35(5,27)28)19-8-7-18(34-19)16-12-20(29-2)24(31-4)21(13-16)30-3/h12-15,18-19H,6-11,26H2,1-5H3. The molecule has 0 radical (unpaired) electrons. The van der Waals surface area contributed by atoms with E-state index < -0.39 is 9.84 Å². The fourth-order valence-corrected chi connectivity index (χ4v) is 4.94. The highest BCUT2D eigenvalue weighted by Crippen LogP contribution is 2.47.